The zero-order chi connectivity index (χ0) is 18.4. The Kier molecular flexibility index (Phi) is 6.12. The second kappa shape index (κ2) is 8.71. The third-order valence-corrected chi connectivity index (χ3v) is 4.15. The Balaban J connectivity index is 1.76. The van der Waals surface area contributed by atoms with Crippen molar-refractivity contribution in [3.8, 4) is 11.5 Å². The van der Waals surface area contributed by atoms with Gasteiger partial charge in [0.1, 0.15) is 0 Å². The van der Waals surface area contributed by atoms with Crippen molar-refractivity contribution in [2.24, 2.45) is 0 Å². The number of nitrogens with zero attached hydrogens (tertiary/aromatic N) is 1. The van der Waals surface area contributed by atoms with Crippen LogP contribution in [0, 0.1) is 0 Å². The second-order valence-corrected chi connectivity index (χ2v) is 6.27. The molecular formula is C19H26N4O3. The summed E-state index contributed by atoms with van der Waals surface area (Å²) in [6.45, 7) is 6.88. The summed E-state index contributed by atoms with van der Waals surface area (Å²) in [5.41, 5.74) is 3.07. The van der Waals surface area contributed by atoms with Crippen molar-refractivity contribution in [2.45, 2.75) is 39.7 Å². The number of carbonyl (C=O) groups excluding carboxylic acids is 1. The number of hydrogen-bond donors (Lipinski definition) is 3. The average Bonchev–Trinajstić information content (AvgIpc) is 3.10. The molecule has 3 rings (SSSR count). The number of nitrogens with one attached hydrogen (secondary N) is 3. The predicted molar refractivity (Wildman–Crippen MR) is 100.0 cm³/mol. The molecular weight excluding hydrogens is 332 g/mol. The number of hydrogen-bond acceptors (Lipinski definition) is 5. The minimum absolute atomic E-state index is 0.227. The number of amides is 1. The molecule has 7 heteroatoms. The van der Waals surface area contributed by atoms with Crippen molar-refractivity contribution in [1.29, 1.82) is 0 Å². The zero-order valence-corrected chi connectivity index (χ0v) is 15.4. The van der Waals surface area contributed by atoms with E-state index in [1.54, 1.807) is 6.07 Å². The van der Waals surface area contributed by atoms with Crippen molar-refractivity contribution in [3.05, 3.63) is 35.2 Å². The molecule has 140 valence electrons. The van der Waals surface area contributed by atoms with E-state index >= 15 is 0 Å². The third kappa shape index (κ3) is 4.16. The van der Waals surface area contributed by atoms with Gasteiger partial charge in [-0.2, -0.15) is 5.10 Å². The highest BCUT2D eigenvalue weighted by Crippen LogP contribution is 2.31. The molecule has 0 unspecified atom stereocenters. The lowest BCUT2D eigenvalue weighted by atomic mass is 10.1. The fourth-order valence-electron chi connectivity index (χ4n) is 2.85. The summed E-state index contributed by atoms with van der Waals surface area (Å²) in [5.74, 6) is 1.11. The monoisotopic (exact) mass is 358 g/mol. The number of ether oxygens (including phenoxy) is 2. The lowest BCUT2D eigenvalue weighted by molar-refractivity contribution is 0.102. The summed E-state index contributed by atoms with van der Waals surface area (Å²) in [6.07, 6.45) is 2.67. The molecule has 2 heterocycles. The van der Waals surface area contributed by atoms with Crippen LogP contribution in [0.3, 0.4) is 0 Å². The number of carbonyl (C=O) groups is 1. The molecule has 0 radical (unpaired) electrons. The molecule has 0 saturated carbocycles. The molecule has 26 heavy (non-hydrogen) atoms. The average molecular weight is 358 g/mol. The largest absolute Gasteiger partial charge is 0.490 e. The van der Waals surface area contributed by atoms with Crippen LogP contribution in [-0.4, -0.2) is 35.9 Å². The number of fused-ring (bicyclic) bond motifs is 1. The summed E-state index contributed by atoms with van der Waals surface area (Å²) in [5, 5.41) is 13.3. The molecule has 3 N–H and O–H groups in total. The van der Waals surface area contributed by atoms with E-state index in [1.807, 2.05) is 19.1 Å². The lowest BCUT2D eigenvalue weighted by Gasteiger charge is -2.15. The first-order chi connectivity index (χ1) is 12.7. The number of aromatic amines is 1. The fraction of sp³-hybridized carbons (Fsp3) is 0.474. The van der Waals surface area contributed by atoms with Gasteiger partial charge in [-0.05, 0) is 25.0 Å². The van der Waals surface area contributed by atoms with Gasteiger partial charge in [0.15, 0.2) is 17.2 Å². The maximum Gasteiger partial charge on any atom is 0.276 e. The minimum atomic E-state index is -0.227. The summed E-state index contributed by atoms with van der Waals surface area (Å²) >= 11 is 0. The number of aromatic nitrogens is 2. The Morgan fingerprint density at radius 1 is 1.19 bits per heavy atom. The molecule has 1 aromatic heterocycles. The number of anilines is 1. The molecule has 0 fully saturated rings. The maximum atomic E-state index is 12.6. The normalized spacial score (nSPS) is 13.2. The number of H-pyrrole nitrogens is 1. The van der Waals surface area contributed by atoms with E-state index in [0.717, 1.165) is 37.1 Å². The third-order valence-electron chi connectivity index (χ3n) is 4.15. The highest BCUT2D eigenvalue weighted by Gasteiger charge is 2.22. The van der Waals surface area contributed by atoms with Crippen molar-refractivity contribution in [3.63, 3.8) is 0 Å². The first kappa shape index (κ1) is 18.3. The Hall–Kier alpha value is -2.54. The predicted octanol–water partition coefficient (Wildman–Crippen LogP) is 2.89. The molecule has 0 bridgehead atoms. The Morgan fingerprint density at radius 3 is 2.73 bits per heavy atom. The van der Waals surface area contributed by atoms with Gasteiger partial charge in [-0.1, -0.05) is 13.8 Å². The molecule has 0 atom stereocenters. The summed E-state index contributed by atoms with van der Waals surface area (Å²) in [7, 11) is 0. The van der Waals surface area contributed by atoms with E-state index in [4.69, 9.17) is 9.47 Å². The van der Waals surface area contributed by atoms with Crippen molar-refractivity contribution >= 4 is 11.6 Å². The van der Waals surface area contributed by atoms with Crippen molar-refractivity contribution in [1.82, 2.24) is 15.5 Å². The van der Waals surface area contributed by atoms with Crippen LogP contribution in [0.2, 0.25) is 0 Å². The molecule has 1 aliphatic rings. The van der Waals surface area contributed by atoms with Gasteiger partial charge in [0, 0.05) is 42.5 Å². The van der Waals surface area contributed by atoms with Crippen LogP contribution >= 0.6 is 0 Å². The Labute approximate surface area is 153 Å². The number of rotatable bonds is 8. The van der Waals surface area contributed by atoms with E-state index in [-0.39, 0.29) is 5.91 Å². The smallest absolute Gasteiger partial charge is 0.276 e. The van der Waals surface area contributed by atoms with Gasteiger partial charge in [-0.15, -0.1) is 0 Å². The topological polar surface area (TPSA) is 88.3 Å². The molecule has 0 aliphatic carbocycles. The van der Waals surface area contributed by atoms with Crippen LogP contribution in [0.4, 0.5) is 5.69 Å². The van der Waals surface area contributed by atoms with Crippen molar-refractivity contribution in [2.75, 3.05) is 25.1 Å². The summed E-state index contributed by atoms with van der Waals surface area (Å²) in [6, 6.07) is 5.45. The second-order valence-electron chi connectivity index (χ2n) is 6.27. The van der Waals surface area contributed by atoms with E-state index in [1.165, 1.54) is 0 Å². The standard InChI is InChI=1S/C19H26N4O3/c1-3-9-25-16-6-5-13(11-17(16)26-10-4-2)21-19(24)18-14-12-20-8-7-15(14)22-23-18/h5-6,11,20H,3-4,7-10,12H2,1-2H3,(H,21,24)(H,22,23). The quantitative estimate of drug-likeness (QED) is 0.675. The lowest BCUT2D eigenvalue weighted by Crippen LogP contribution is -2.25. The van der Waals surface area contributed by atoms with Crippen LogP contribution in [0.25, 0.3) is 0 Å². The van der Waals surface area contributed by atoms with Crippen LogP contribution in [0.5, 0.6) is 11.5 Å². The summed E-state index contributed by atoms with van der Waals surface area (Å²) in [4.78, 5) is 12.6. The van der Waals surface area contributed by atoms with Gasteiger partial charge in [0.05, 0.1) is 13.2 Å². The van der Waals surface area contributed by atoms with Gasteiger partial charge < -0.3 is 20.1 Å². The minimum Gasteiger partial charge on any atom is -0.490 e. The van der Waals surface area contributed by atoms with E-state index < -0.39 is 0 Å². The molecule has 1 aliphatic heterocycles. The first-order valence-electron chi connectivity index (χ1n) is 9.20. The zero-order valence-electron chi connectivity index (χ0n) is 15.4. The van der Waals surface area contributed by atoms with E-state index in [9.17, 15) is 4.79 Å². The van der Waals surface area contributed by atoms with Gasteiger partial charge in [-0.3, -0.25) is 9.89 Å². The van der Waals surface area contributed by atoms with E-state index in [2.05, 4.69) is 27.8 Å². The van der Waals surface area contributed by atoms with Crippen molar-refractivity contribution < 1.29 is 14.3 Å². The number of benzene rings is 1. The molecule has 0 spiro atoms. The molecule has 1 amide bonds. The van der Waals surface area contributed by atoms with Gasteiger partial charge >= 0.3 is 0 Å². The highest BCUT2D eigenvalue weighted by molar-refractivity contribution is 6.04. The SMILES string of the molecule is CCCOc1ccc(NC(=O)c2n[nH]c3c2CNCC3)cc1OCCC. The molecule has 1 aromatic carbocycles. The van der Waals surface area contributed by atoms with Crippen LogP contribution in [-0.2, 0) is 13.0 Å². The Morgan fingerprint density at radius 2 is 1.96 bits per heavy atom. The molecule has 7 nitrogen and oxygen atoms in total. The van der Waals surface area contributed by atoms with Crippen LogP contribution < -0.4 is 20.1 Å². The first-order valence-corrected chi connectivity index (χ1v) is 9.20. The van der Waals surface area contributed by atoms with Gasteiger partial charge in [0.2, 0.25) is 0 Å². The van der Waals surface area contributed by atoms with E-state index in [0.29, 0.717) is 42.6 Å². The summed E-state index contributed by atoms with van der Waals surface area (Å²) < 4.78 is 11.5. The maximum absolute atomic E-state index is 12.6. The van der Waals surface area contributed by atoms with Gasteiger partial charge in [0.25, 0.3) is 5.91 Å². The highest BCUT2D eigenvalue weighted by atomic mass is 16.5. The molecule has 0 saturated heterocycles. The Bertz CT molecular complexity index is 757. The van der Waals surface area contributed by atoms with Crippen LogP contribution in [0.1, 0.15) is 48.4 Å². The molecule has 2 aromatic rings. The van der Waals surface area contributed by atoms with Crippen LogP contribution in [0.15, 0.2) is 18.2 Å². The van der Waals surface area contributed by atoms with Gasteiger partial charge in [-0.25, -0.2) is 0 Å². The fourth-order valence-corrected chi connectivity index (χ4v) is 2.85.